The van der Waals surface area contributed by atoms with Crippen molar-refractivity contribution in [2.45, 2.75) is 47.0 Å². The van der Waals surface area contributed by atoms with Crippen LogP contribution in [0, 0.1) is 11.8 Å². The number of carbonyl (C=O) groups excluding carboxylic acids is 1. The van der Waals surface area contributed by atoms with Crippen LogP contribution >= 0.6 is 0 Å². The van der Waals surface area contributed by atoms with Gasteiger partial charge in [-0.1, -0.05) is 34.1 Å². The van der Waals surface area contributed by atoms with Crippen LogP contribution in [0.15, 0.2) is 5.10 Å². The van der Waals surface area contributed by atoms with Gasteiger partial charge in [-0.25, -0.2) is 5.43 Å². The molecule has 0 saturated carbocycles. The van der Waals surface area contributed by atoms with Crippen molar-refractivity contribution in [1.29, 1.82) is 0 Å². The minimum atomic E-state index is 0.0130. The van der Waals surface area contributed by atoms with Crippen molar-refractivity contribution in [3.63, 3.8) is 0 Å². The maximum absolute atomic E-state index is 11.1. The maximum atomic E-state index is 11.1. The molecule has 0 heterocycles. The third-order valence-electron chi connectivity index (χ3n) is 2.31. The van der Waals surface area contributed by atoms with Gasteiger partial charge in [0, 0.05) is 12.6 Å². The molecule has 0 saturated heterocycles. The van der Waals surface area contributed by atoms with E-state index in [1.54, 1.807) is 6.21 Å². The highest BCUT2D eigenvalue weighted by atomic mass is 16.2. The average Bonchev–Trinajstić information content (AvgIpc) is 2.14. The van der Waals surface area contributed by atoms with E-state index in [1.165, 1.54) is 0 Å². The second-order valence-corrected chi connectivity index (χ2v) is 4.02. The topological polar surface area (TPSA) is 41.5 Å². The van der Waals surface area contributed by atoms with Crippen LogP contribution in [0.1, 0.15) is 47.0 Å². The molecule has 0 rings (SSSR count). The van der Waals surface area contributed by atoms with Crippen LogP contribution < -0.4 is 5.43 Å². The first kappa shape index (κ1) is 13.1. The smallest absolute Gasteiger partial charge is 0.240 e. The molecule has 0 aliphatic carbocycles. The number of rotatable bonds is 6. The molecule has 3 heteroatoms. The number of nitrogens with zero attached hydrogens (tertiary/aromatic N) is 1. The van der Waals surface area contributed by atoms with Crippen LogP contribution in [0.2, 0.25) is 0 Å². The van der Waals surface area contributed by atoms with Crippen LogP contribution in [0.4, 0.5) is 0 Å². The number of amides is 1. The predicted molar refractivity (Wildman–Crippen MR) is 60.2 cm³/mol. The Hall–Kier alpha value is -0.860. The molecule has 14 heavy (non-hydrogen) atoms. The first-order valence-corrected chi connectivity index (χ1v) is 5.40. The Bertz CT molecular complexity index is 188. The summed E-state index contributed by atoms with van der Waals surface area (Å²) in [6, 6.07) is 0. The highest BCUT2D eigenvalue weighted by Gasteiger charge is 2.03. The molecule has 0 fully saturated rings. The third-order valence-corrected chi connectivity index (χ3v) is 2.31. The third kappa shape index (κ3) is 6.63. The van der Waals surface area contributed by atoms with Gasteiger partial charge in [0.2, 0.25) is 5.91 Å². The maximum Gasteiger partial charge on any atom is 0.240 e. The fourth-order valence-corrected chi connectivity index (χ4v) is 0.792. The van der Waals surface area contributed by atoms with E-state index in [0.29, 0.717) is 18.3 Å². The first-order chi connectivity index (χ1) is 6.57. The number of carbonyl (C=O) groups is 1. The van der Waals surface area contributed by atoms with Crippen LogP contribution in [0.5, 0.6) is 0 Å². The lowest BCUT2D eigenvalue weighted by Crippen LogP contribution is -2.18. The van der Waals surface area contributed by atoms with Gasteiger partial charge in [-0.3, -0.25) is 4.79 Å². The van der Waals surface area contributed by atoms with Crippen LogP contribution in [-0.4, -0.2) is 12.1 Å². The Morgan fingerprint density at radius 2 is 2.07 bits per heavy atom. The summed E-state index contributed by atoms with van der Waals surface area (Å²) < 4.78 is 0. The van der Waals surface area contributed by atoms with Gasteiger partial charge in [0.25, 0.3) is 0 Å². The van der Waals surface area contributed by atoms with Gasteiger partial charge in [0.05, 0.1) is 0 Å². The molecule has 0 aliphatic rings. The Labute approximate surface area is 87.0 Å². The molecule has 0 aromatic heterocycles. The van der Waals surface area contributed by atoms with Gasteiger partial charge in [-0.05, 0) is 18.3 Å². The van der Waals surface area contributed by atoms with Crippen LogP contribution in [-0.2, 0) is 4.79 Å². The molecular formula is C11H22N2O. The summed E-state index contributed by atoms with van der Waals surface area (Å²) >= 11 is 0. The Balaban J connectivity index is 3.65. The van der Waals surface area contributed by atoms with Crippen LogP contribution in [0.3, 0.4) is 0 Å². The Kier molecular flexibility index (Phi) is 7.07. The summed E-state index contributed by atoms with van der Waals surface area (Å²) in [5.41, 5.74) is 2.53. The Morgan fingerprint density at radius 1 is 1.43 bits per heavy atom. The molecule has 0 aromatic rings. The zero-order valence-corrected chi connectivity index (χ0v) is 9.71. The minimum absolute atomic E-state index is 0.0130. The van der Waals surface area contributed by atoms with Crippen molar-refractivity contribution in [3.8, 4) is 0 Å². The highest BCUT2D eigenvalue weighted by Crippen LogP contribution is 2.05. The quantitative estimate of drug-likeness (QED) is 0.517. The van der Waals surface area contributed by atoms with E-state index >= 15 is 0 Å². The van der Waals surface area contributed by atoms with Crippen LogP contribution in [0.25, 0.3) is 0 Å². The fraction of sp³-hybridized carbons (Fsp3) is 0.818. The molecule has 1 atom stereocenters. The number of hydrogen-bond acceptors (Lipinski definition) is 2. The lowest BCUT2D eigenvalue weighted by Gasteiger charge is -2.08. The molecule has 0 aliphatic heterocycles. The van der Waals surface area contributed by atoms with Crippen molar-refractivity contribution in [3.05, 3.63) is 0 Å². The number of nitrogens with one attached hydrogen (secondary N) is 1. The summed E-state index contributed by atoms with van der Waals surface area (Å²) in [6.45, 7) is 8.43. The van der Waals surface area contributed by atoms with Gasteiger partial charge >= 0.3 is 0 Å². The van der Waals surface area contributed by atoms with E-state index in [9.17, 15) is 4.79 Å². The van der Waals surface area contributed by atoms with Crippen molar-refractivity contribution in [2.24, 2.45) is 16.9 Å². The zero-order valence-electron chi connectivity index (χ0n) is 9.71. The van der Waals surface area contributed by atoms with Gasteiger partial charge in [-0.2, -0.15) is 5.10 Å². The molecular weight excluding hydrogens is 176 g/mol. The van der Waals surface area contributed by atoms with Crippen molar-refractivity contribution >= 4 is 12.1 Å². The zero-order chi connectivity index (χ0) is 11.0. The van der Waals surface area contributed by atoms with E-state index in [2.05, 4.69) is 38.2 Å². The molecule has 0 spiro atoms. The summed E-state index contributed by atoms with van der Waals surface area (Å²) in [5.74, 6) is 0.979. The van der Waals surface area contributed by atoms with Crippen molar-refractivity contribution in [2.75, 3.05) is 0 Å². The molecule has 0 radical (unpaired) electrons. The van der Waals surface area contributed by atoms with E-state index in [4.69, 9.17) is 0 Å². The largest absolute Gasteiger partial charge is 0.273 e. The lowest BCUT2D eigenvalue weighted by atomic mass is 10.00. The molecule has 0 aromatic carbocycles. The van der Waals surface area contributed by atoms with Gasteiger partial charge < -0.3 is 0 Å². The van der Waals surface area contributed by atoms with Gasteiger partial charge in [0.15, 0.2) is 0 Å². The summed E-state index contributed by atoms with van der Waals surface area (Å²) in [4.78, 5) is 11.1. The average molecular weight is 198 g/mol. The van der Waals surface area contributed by atoms with Crippen molar-refractivity contribution in [1.82, 2.24) is 5.43 Å². The van der Waals surface area contributed by atoms with Gasteiger partial charge in [-0.15, -0.1) is 0 Å². The molecule has 1 amide bonds. The molecule has 0 unspecified atom stereocenters. The predicted octanol–water partition coefficient (Wildman–Crippen LogP) is 2.57. The lowest BCUT2D eigenvalue weighted by molar-refractivity contribution is -0.121. The monoisotopic (exact) mass is 198 g/mol. The first-order valence-electron chi connectivity index (χ1n) is 5.40. The number of hydrogen-bond donors (Lipinski definition) is 1. The summed E-state index contributed by atoms with van der Waals surface area (Å²) in [6.07, 6.45) is 4.35. The molecule has 1 N–H and O–H groups in total. The number of unbranched alkanes of at least 4 members (excludes halogenated alkanes) is 1. The second kappa shape index (κ2) is 7.54. The van der Waals surface area contributed by atoms with E-state index in [0.717, 1.165) is 12.8 Å². The van der Waals surface area contributed by atoms with E-state index in [1.807, 2.05) is 0 Å². The normalized spacial score (nSPS) is 13.5. The fourth-order valence-electron chi connectivity index (χ4n) is 0.792. The summed E-state index contributed by atoms with van der Waals surface area (Å²) in [5, 5.41) is 3.92. The van der Waals surface area contributed by atoms with Gasteiger partial charge in [0.1, 0.15) is 0 Å². The number of hydrazone groups is 1. The van der Waals surface area contributed by atoms with E-state index in [-0.39, 0.29) is 5.91 Å². The molecule has 0 bridgehead atoms. The van der Waals surface area contributed by atoms with Crippen molar-refractivity contribution < 1.29 is 4.79 Å². The molecule has 3 nitrogen and oxygen atoms in total. The Morgan fingerprint density at radius 3 is 2.57 bits per heavy atom. The molecule has 82 valence electrons. The highest BCUT2D eigenvalue weighted by molar-refractivity contribution is 5.76. The SMILES string of the molecule is CCCCC(=O)N/N=C/[C@@H](C)C(C)C. The van der Waals surface area contributed by atoms with E-state index < -0.39 is 0 Å². The summed E-state index contributed by atoms with van der Waals surface area (Å²) in [7, 11) is 0. The second-order valence-electron chi connectivity index (χ2n) is 4.02. The minimum Gasteiger partial charge on any atom is -0.273 e. The standard InChI is InChI=1S/C11H22N2O/c1-5-6-7-11(14)13-12-8-10(4)9(2)3/h8-10H,5-7H2,1-4H3,(H,13,14)/b12-8+/t10-/m1/s1.